The summed E-state index contributed by atoms with van der Waals surface area (Å²) in [5, 5.41) is 7.15. The van der Waals surface area contributed by atoms with Crippen LogP contribution in [0.1, 0.15) is 16.7 Å². The van der Waals surface area contributed by atoms with Crippen LogP contribution in [0.5, 0.6) is 0 Å². The first-order valence-corrected chi connectivity index (χ1v) is 10.9. The molecule has 5 nitrogen and oxygen atoms in total. The van der Waals surface area contributed by atoms with E-state index >= 15 is 0 Å². The van der Waals surface area contributed by atoms with Crippen molar-refractivity contribution in [3.63, 3.8) is 0 Å². The van der Waals surface area contributed by atoms with Gasteiger partial charge in [-0.2, -0.15) is 11.3 Å². The first-order chi connectivity index (χ1) is 14.6. The molecule has 3 amide bonds. The Balaban J connectivity index is 1.57. The van der Waals surface area contributed by atoms with Gasteiger partial charge in [0.2, 0.25) is 0 Å². The number of urea groups is 1. The first-order valence-electron chi connectivity index (χ1n) is 9.97. The molecule has 4 rings (SSSR count). The van der Waals surface area contributed by atoms with E-state index in [4.69, 9.17) is 0 Å². The molecule has 0 spiro atoms. The molecule has 0 radical (unpaired) electrons. The molecule has 1 N–H and O–H groups in total. The number of nitrogens with one attached hydrogen (secondary N) is 1. The summed E-state index contributed by atoms with van der Waals surface area (Å²) in [6.45, 7) is 0.941. The van der Waals surface area contributed by atoms with E-state index in [0.29, 0.717) is 19.4 Å². The van der Waals surface area contributed by atoms with Gasteiger partial charge in [0.05, 0.1) is 6.67 Å². The van der Waals surface area contributed by atoms with E-state index in [0.717, 1.165) is 11.1 Å². The van der Waals surface area contributed by atoms with Crippen LogP contribution in [0.25, 0.3) is 0 Å². The second-order valence-corrected chi connectivity index (χ2v) is 8.64. The summed E-state index contributed by atoms with van der Waals surface area (Å²) >= 11 is 1.64. The SMILES string of the molecule is CN(Cc1ccsc1)CN1C(=O)NC(Cc2ccccc2)(Cc2ccccc2)C1=O. The summed E-state index contributed by atoms with van der Waals surface area (Å²) in [5.74, 6) is -0.169. The van der Waals surface area contributed by atoms with Gasteiger partial charge >= 0.3 is 6.03 Å². The van der Waals surface area contributed by atoms with Gasteiger partial charge in [0.15, 0.2) is 0 Å². The van der Waals surface area contributed by atoms with Crippen molar-refractivity contribution in [2.24, 2.45) is 0 Å². The van der Waals surface area contributed by atoms with Crippen LogP contribution in [0, 0.1) is 0 Å². The van der Waals surface area contributed by atoms with Crippen LogP contribution in [0.2, 0.25) is 0 Å². The van der Waals surface area contributed by atoms with Gasteiger partial charge in [0.25, 0.3) is 5.91 Å². The molecule has 0 saturated carbocycles. The number of amides is 3. The highest BCUT2D eigenvalue weighted by Crippen LogP contribution is 2.27. The summed E-state index contributed by atoms with van der Waals surface area (Å²) in [4.78, 5) is 29.8. The van der Waals surface area contributed by atoms with Crippen molar-refractivity contribution in [2.75, 3.05) is 13.7 Å². The van der Waals surface area contributed by atoms with Crippen molar-refractivity contribution in [3.8, 4) is 0 Å². The molecule has 1 aromatic heterocycles. The minimum absolute atomic E-state index is 0.169. The third kappa shape index (κ3) is 4.45. The molecule has 6 heteroatoms. The predicted molar refractivity (Wildman–Crippen MR) is 119 cm³/mol. The number of nitrogens with zero attached hydrogens (tertiary/aromatic N) is 2. The molecule has 0 unspecified atom stereocenters. The van der Waals surface area contributed by atoms with Gasteiger partial charge in [0.1, 0.15) is 5.54 Å². The molecular formula is C24H25N3O2S. The van der Waals surface area contributed by atoms with Crippen LogP contribution in [0.3, 0.4) is 0 Å². The molecule has 2 aromatic carbocycles. The van der Waals surface area contributed by atoms with Crippen LogP contribution in [-0.2, 0) is 24.2 Å². The molecule has 0 aliphatic carbocycles. The number of thiophene rings is 1. The number of benzene rings is 2. The van der Waals surface area contributed by atoms with Gasteiger partial charge in [-0.05, 0) is 40.6 Å². The quantitative estimate of drug-likeness (QED) is 0.563. The smallest absolute Gasteiger partial charge is 0.322 e. The molecule has 1 saturated heterocycles. The van der Waals surface area contributed by atoms with Crippen molar-refractivity contribution < 1.29 is 9.59 Å². The average Bonchev–Trinajstić information content (AvgIpc) is 3.32. The van der Waals surface area contributed by atoms with E-state index in [1.165, 1.54) is 10.5 Å². The molecular weight excluding hydrogens is 394 g/mol. The second-order valence-electron chi connectivity index (χ2n) is 7.86. The van der Waals surface area contributed by atoms with Crippen LogP contribution < -0.4 is 5.32 Å². The van der Waals surface area contributed by atoms with Crippen molar-refractivity contribution in [1.82, 2.24) is 15.1 Å². The Kier molecular flexibility index (Phi) is 5.97. The number of rotatable bonds is 8. The van der Waals surface area contributed by atoms with Gasteiger partial charge in [0, 0.05) is 19.4 Å². The number of hydrogen-bond acceptors (Lipinski definition) is 4. The lowest BCUT2D eigenvalue weighted by Gasteiger charge is -2.28. The zero-order chi connectivity index (χ0) is 21.0. The second kappa shape index (κ2) is 8.81. The topological polar surface area (TPSA) is 52.6 Å². The molecule has 2 heterocycles. The Hall–Kier alpha value is -2.96. The molecule has 0 atom stereocenters. The molecule has 1 fully saturated rings. The highest BCUT2D eigenvalue weighted by molar-refractivity contribution is 7.07. The predicted octanol–water partition coefficient (Wildman–Crippen LogP) is 3.91. The monoisotopic (exact) mass is 419 g/mol. The Morgan fingerprint density at radius 3 is 2.03 bits per heavy atom. The Morgan fingerprint density at radius 1 is 0.900 bits per heavy atom. The van der Waals surface area contributed by atoms with Crippen molar-refractivity contribution in [3.05, 3.63) is 94.2 Å². The average molecular weight is 420 g/mol. The van der Waals surface area contributed by atoms with Gasteiger partial charge < -0.3 is 5.32 Å². The highest BCUT2D eigenvalue weighted by Gasteiger charge is 2.51. The van der Waals surface area contributed by atoms with E-state index in [1.807, 2.05) is 78.0 Å². The fraction of sp³-hybridized carbons (Fsp3) is 0.250. The summed E-state index contributed by atoms with van der Waals surface area (Å²) in [5.41, 5.74) is 2.24. The van der Waals surface area contributed by atoms with Gasteiger partial charge in [-0.15, -0.1) is 0 Å². The van der Waals surface area contributed by atoms with Crippen LogP contribution in [0.4, 0.5) is 4.79 Å². The first kappa shape index (κ1) is 20.3. The van der Waals surface area contributed by atoms with Crippen LogP contribution in [-0.4, -0.2) is 41.0 Å². The molecule has 154 valence electrons. The van der Waals surface area contributed by atoms with E-state index in [2.05, 4.69) is 16.8 Å². The summed E-state index contributed by atoms with van der Waals surface area (Å²) < 4.78 is 0. The maximum Gasteiger partial charge on any atom is 0.326 e. The van der Waals surface area contributed by atoms with E-state index in [-0.39, 0.29) is 18.6 Å². The van der Waals surface area contributed by atoms with Gasteiger partial charge in [-0.25, -0.2) is 9.69 Å². The van der Waals surface area contributed by atoms with Crippen molar-refractivity contribution in [1.29, 1.82) is 0 Å². The molecule has 0 bridgehead atoms. The zero-order valence-corrected chi connectivity index (χ0v) is 17.8. The minimum atomic E-state index is -0.983. The van der Waals surface area contributed by atoms with E-state index in [1.54, 1.807) is 11.3 Å². The van der Waals surface area contributed by atoms with Gasteiger partial charge in [-0.3, -0.25) is 9.69 Å². The lowest BCUT2D eigenvalue weighted by atomic mass is 9.84. The third-order valence-corrected chi connectivity index (χ3v) is 6.09. The highest BCUT2D eigenvalue weighted by atomic mass is 32.1. The third-order valence-electron chi connectivity index (χ3n) is 5.36. The molecule has 3 aromatic rings. The zero-order valence-electron chi connectivity index (χ0n) is 17.0. The fourth-order valence-corrected chi connectivity index (χ4v) is 4.64. The molecule has 1 aliphatic heterocycles. The maximum absolute atomic E-state index is 13.6. The van der Waals surface area contributed by atoms with Crippen LogP contribution >= 0.6 is 11.3 Å². The summed E-state index contributed by atoms with van der Waals surface area (Å²) in [6.07, 6.45) is 0.913. The van der Waals surface area contributed by atoms with Crippen LogP contribution in [0.15, 0.2) is 77.5 Å². The Bertz CT molecular complexity index is 948. The minimum Gasteiger partial charge on any atom is -0.322 e. The normalized spacial score (nSPS) is 15.6. The van der Waals surface area contributed by atoms with E-state index < -0.39 is 5.54 Å². The lowest BCUT2D eigenvalue weighted by molar-refractivity contribution is -0.132. The van der Waals surface area contributed by atoms with Gasteiger partial charge in [-0.1, -0.05) is 60.7 Å². The number of hydrogen-bond donors (Lipinski definition) is 1. The molecule has 30 heavy (non-hydrogen) atoms. The Labute approximate surface area is 180 Å². The standard InChI is InChI=1S/C24H25N3O2S/c1-26(16-21-12-13-30-17-21)18-27-22(28)24(25-23(27)29,14-19-8-4-2-5-9-19)15-20-10-6-3-7-11-20/h2-13,17H,14-16,18H2,1H3,(H,25,29). The summed E-state index contributed by atoms with van der Waals surface area (Å²) in [7, 11) is 1.92. The van der Waals surface area contributed by atoms with Crippen molar-refractivity contribution >= 4 is 23.3 Å². The largest absolute Gasteiger partial charge is 0.326 e. The fourth-order valence-electron chi connectivity index (χ4n) is 3.98. The molecule has 1 aliphatic rings. The van der Waals surface area contributed by atoms with E-state index in [9.17, 15) is 9.59 Å². The summed E-state index contributed by atoms with van der Waals surface area (Å²) in [6, 6.07) is 21.5. The number of imide groups is 1. The number of carbonyl (C=O) groups excluding carboxylic acids is 2. The van der Waals surface area contributed by atoms with Crippen molar-refractivity contribution in [2.45, 2.75) is 24.9 Å². The Morgan fingerprint density at radius 2 is 1.50 bits per heavy atom. The lowest BCUT2D eigenvalue weighted by Crippen LogP contribution is -2.51. The maximum atomic E-state index is 13.6. The number of carbonyl (C=O) groups is 2.